The average molecular weight is 330 g/mol. The van der Waals surface area contributed by atoms with Gasteiger partial charge in [0, 0.05) is 11.4 Å². The van der Waals surface area contributed by atoms with Gasteiger partial charge in [0.1, 0.15) is 0 Å². The van der Waals surface area contributed by atoms with Gasteiger partial charge in [0.15, 0.2) is 0 Å². The Morgan fingerprint density at radius 1 is 1.13 bits per heavy atom. The van der Waals surface area contributed by atoms with Crippen LogP contribution in [0.2, 0.25) is 0 Å². The number of hydrogen-bond acceptors (Lipinski definition) is 3. The van der Waals surface area contributed by atoms with Gasteiger partial charge in [-0.05, 0) is 54.8 Å². The summed E-state index contributed by atoms with van der Waals surface area (Å²) in [5, 5.41) is 2.77. The molecule has 0 fully saturated rings. The number of aryl methyl sites for hydroxylation is 1. The molecule has 1 amide bonds. The summed E-state index contributed by atoms with van der Waals surface area (Å²) in [5.41, 5.74) is 3.07. The van der Waals surface area contributed by atoms with E-state index in [0.717, 1.165) is 23.2 Å². The Kier molecular flexibility index (Phi) is 3.85. The predicted octanol–water partition coefficient (Wildman–Crippen LogP) is 3.11. The van der Waals surface area contributed by atoms with Gasteiger partial charge in [-0.15, -0.1) is 0 Å². The number of benzene rings is 2. The number of amides is 1. The van der Waals surface area contributed by atoms with E-state index >= 15 is 0 Å². The van der Waals surface area contributed by atoms with Crippen molar-refractivity contribution in [1.82, 2.24) is 0 Å². The van der Waals surface area contributed by atoms with E-state index in [2.05, 4.69) is 10.0 Å². The quantitative estimate of drug-likeness (QED) is 0.904. The number of carbonyl (C=O) groups excluding carboxylic acids is 1. The zero-order chi connectivity index (χ0) is 16.6. The monoisotopic (exact) mass is 330 g/mol. The smallest absolute Gasteiger partial charge is 0.261 e. The van der Waals surface area contributed by atoms with Crippen molar-refractivity contribution in [1.29, 1.82) is 0 Å². The van der Waals surface area contributed by atoms with Crippen LogP contribution < -0.4 is 10.0 Å². The lowest BCUT2D eigenvalue weighted by atomic mass is 10.0. The molecule has 0 aliphatic carbocycles. The van der Waals surface area contributed by atoms with Gasteiger partial charge < -0.3 is 5.32 Å². The molecule has 1 unspecified atom stereocenters. The number of sulfonamides is 1. The molecule has 23 heavy (non-hydrogen) atoms. The highest BCUT2D eigenvalue weighted by Crippen LogP contribution is 2.34. The molecule has 2 aromatic carbocycles. The summed E-state index contributed by atoms with van der Waals surface area (Å²) in [4.78, 5) is 11.9. The standard InChI is InChI=1S/C17H18N2O3S/c1-3-12-4-7-14(8-5-12)23(21,22)19-13-6-9-16-15(10-13)11(2)17(20)18-16/h4-11,19H,3H2,1-2H3,(H,18,20). The summed E-state index contributed by atoms with van der Waals surface area (Å²) < 4.78 is 27.5. The Morgan fingerprint density at radius 2 is 1.83 bits per heavy atom. The number of hydrogen-bond donors (Lipinski definition) is 2. The second-order valence-corrected chi connectivity index (χ2v) is 7.30. The average Bonchev–Trinajstić information content (AvgIpc) is 2.82. The van der Waals surface area contributed by atoms with Gasteiger partial charge in [-0.2, -0.15) is 0 Å². The summed E-state index contributed by atoms with van der Waals surface area (Å²) >= 11 is 0. The predicted molar refractivity (Wildman–Crippen MR) is 90.1 cm³/mol. The summed E-state index contributed by atoms with van der Waals surface area (Å²) in [7, 11) is -3.64. The second-order valence-electron chi connectivity index (χ2n) is 5.62. The lowest BCUT2D eigenvalue weighted by Crippen LogP contribution is -2.13. The fourth-order valence-electron chi connectivity index (χ4n) is 2.60. The van der Waals surface area contributed by atoms with Crippen LogP contribution in [-0.2, 0) is 21.2 Å². The van der Waals surface area contributed by atoms with Crippen LogP contribution in [0.25, 0.3) is 0 Å². The maximum Gasteiger partial charge on any atom is 0.261 e. The van der Waals surface area contributed by atoms with Crippen LogP contribution in [0.3, 0.4) is 0 Å². The van der Waals surface area contributed by atoms with Crippen molar-refractivity contribution in [3.05, 3.63) is 53.6 Å². The Balaban J connectivity index is 1.88. The van der Waals surface area contributed by atoms with Crippen molar-refractivity contribution in [3.8, 4) is 0 Å². The van der Waals surface area contributed by atoms with Crippen LogP contribution in [0.4, 0.5) is 11.4 Å². The lowest BCUT2D eigenvalue weighted by Gasteiger charge is -2.10. The van der Waals surface area contributed by atoms with Gasteiger partial charge >= 0.3 is 0 Å². The van der Waals surface area contributed by atoms with Gasteiger partial charge in [-0.3, -0.25) is 9.52 Å². The first-order valence-corrected chi connectivity index (χ1v) is 8.95. The van der Waals surface area contributed by atoms with Crippen LogP contribution in [0.1, 0.15) is 30.9 Å². The molecule has 5 nitrogen and oxygen atoms in total. The van der Waals surface area contributed by atoms with E-state index in [0.29, 0.717) is 5.69 Å². The van der Waals surface area contributed by atoms with Crippen LogP contribution in [0.15, 0.2) is 47.4 Å². The molecule has 6 heteroatoms. The molecule has 1 aliphatic heterocycles. The Morgan fingerprint density at radius 3 is 2.48 bits per heavy atom. The molecular weight excluding hydrogens is 312 g/mol. The van der Waals surface area contributed by atoms with Crippen molar-refractivity contribution in [2.45, 2.75) is 31.1 Å². The molecule has 0 radical (unpaired) electrons. The van der Waals surface area contributed by atoms with E-state index in [1.54, 1.807) is 37.3 Å². The van der Waals surface area contributed by atoms with Gasteiger partial charge in [0.2, 0.25) is 5.91 Å². The molecule has 2 aromatic rings. The number of carbonyl (C=O) groups is 1. The van der Waals surface area contributed by atoms with Crippen LogP contribution in [-0.4, -0.2) is 14.3 Å². The molecule has 1 aliphatic rings. The third kappa shape index (κ3) is 2.94. The Labute approximate surface area is 135 Å². The highest BCUT2D eigenvalue weighted by Gasteiger charge is 2.27. The lowest BCUT2D eigenvalue weighted by molar-refractivity contribution is -0.116. The first-order valence-electron chi connectivity index (χ1n) is 7.47. The van der Waals surface area contributed by atoms with Gasteiger partial charge in [-0.25, -0.2) is 8.42 Å². The van der Waals surface area contributed by atoms with Gasteiger partial charge in [-0.1, -0.05) is 19.1 Å². The fourth-order valence-corrected chi connectivity index (χ4v) is 3.65. The van der Waals surface area contributed by atoms with Crippen LogP contribution >= 0.6 is 0 Å². The van der Waals surface area contributed by atoms with E-state index in [-0.39, 0.29) is 16.7 Å². The molecule has 3 rings (SSSR count). The molecule has 1 heterocycles. The zero-order valence-corrected chi connectivity index (χ0v) is 13.8. The van der Waals surface area contributed by atoms with Crippen molar-refractivity contribution >= 4 is 27.3 Å². The molecule has 0 saturated carbocycles. The fraction of sp³-hybridized carbons (Fsp3) is 0.235. The first kappa shape index (κ1) is 15.6. The number of fused-ring (bicyclic) bond motifs is 1. The van der Waals surface area contributed by atoms with E-state index in [1.165, 1.54) is 0 Å². The van der Waals surface area contributed by atoms with Crippen LogP contribution in [0, 0.1) is 0 Å². The Hall–Kier alpha value is -2.34. The van der Waals surface area contributed by atoms with Gasteiger partial charge in [0.25, 0.3) is 10.0 Å². The highest BCUT2D eigenvalue weighted by molar-refractivity contribution is 7.92. The minimum absolute atomic E-state index is 0.0739. The third-order valence-corrected chi connectivity index (χ3v) is 5.46. The maximum atomic E-state index is 12.5. The third-order valence-electron chi connectivity index (χ3n) is 4.06. The maximum absolute atomic E-state index is 12.5. The van der Waals surface area contributed by atoms with E-state index < -0.39 is 10.0 Å². The molecule has 120 valence electrons. The molecule has 1 atom stereocenters. The summed E-state index contributed by atoms with van der Waals surface area (Å²) in [6.07, 6.45) is 0.859. The molecule has 0 bridgehead atoms. The summed E-state index contributed by atoms with van der Waals surface area (Å²) in [5.74, 6) is -0.353. The number of anilines is 2. The van der Waals surface area contributed by atoms with Crippen molar-refractivity contribution in [2.75, 3.05) is 10.0 Å². The minimum Gasteiger partial charge on any atom is -0.325 e. The summed E-state index contributed by atoms with van der Waals surface area (Å²) in [6.45, 7) is 3.81. The van der Waals surface area contributed by atoms with Crippen molar-refractivity contribution in [3.63, 3.8) is 0 Å². The van der Waals surface area contributed by atoms with E-state index in [4.69, 9.17) is 0 Å². The van der Waals surface area contributed by atoms with E-state index in [1.807, 2.05) is 19.1 Å². The summed E-state index contributed by atoms with van der Waals surface area (Å²) in [6, 6.07) is 11.9. The largest absolute Gasteiger partial charge is 0.325 e. The normalized spacial score (nSPS) is 16.8. The molecule has 0 spiro atoms. The number of nitrogens with one attached hydrogen (secondary N) is 2. The highest BCUT2D eigenvalue weighted by atomic mass is 32.2. The number of rotatable bonds is 4. The molecule has 2 N–H and O–H groups in total. The second kappa shape index (κ2) is 5.70. The van der Waals surface area contributed by atoms with Crippen molar-refractivity contribution in [2.24, 2.45) is 0 Å². The zero-order valence-electron chi connectivity index (χ0n) is 13.0. The minimum atomic E-state index is -3.64. The van der Waals surface area contributed by atoms with Crippen LogP contribution in [0.5, 0.6) is 0 Å². The first-order chi connectivity index (χ1) is 10.9. The Bertz CT molecular complexity index is 858. The topological polar surface area (TPSA) is 75.3 Å². The molecule has 0 saturated heterocycles. The van der Waals surface area contributed by atoms with Gasteiger partial charge in [0.05, 0.1) is 10.8 Å². The molecule has 0 aromatic heterocycles. The van der Waals surface area contributed by atoms with Crippen molar-refractivity contribution < 1.29 is 13.2 Å². The molecular formula is C17H18N2O3S. The van der Waals surface area contributed by atoms with E-state index in [9.17, 15) is 13.2 Å². The SMILES string of the molecule is CCc1ccc(S(=O)(=O)Nc2ccc3c(c2)C(C)C(=O)N3)cc1.